The highest BCUT2D eigenvalue weighted by Crippen LogP contribution is 2.32. The molecule has 1 heterocycles. The lowest BCUT2D eigenvalue weighted by Gasteiger charge is -2.20. The zero-order valence-electron chi connectivity index (χ0n) is 11.8. The summed E-state index contributed by atoms with van der Waals surface area (Å²) in [6.07, 6.45) is 0.990. The molecule has 0 aliphatic heterocycles. The van der Waals surface area contributed by atoms with Crippen LogP contribution in [-0.4, -0.2) is 11.7 Å². The van der Waals surface area contributed by atoms with E-state index < -0.39 is 11.7 Å². The molecule has 2 rings (SSSR count). The zero-order chi connectivity index (χ0) is 14.8. The summed E-state index contributed by atoms with van der Waals surface area (Å²) in [4.78, 5) is 11.8. The van der Waals surface area contributed by atoms with Crippen molar-refractivity contribution in [3.05, 3.63) is 36.6 Å². The molecule has 0 radical (unpaired) electrons. The minimum Gasteiger partial charge on any atom is -0.462 e. The van der Waals surface area contributed by atoms with Crippen molar-refractivity contribution in [2.24, 2.45) is 0 Å². The standard InChI is InChI=1S/C15H18N2O3/c1-15(2,3)20-14(18)17-12-7-5-4-6-10(12)13-11(16)8-9-19-13/h4-9H,16H2,1-3H3,(H,17,18). The number of benzene rings is 1. The first kappa shape index (κ1) is 14.0. The molecule has 0 bridgehead atoms. The van der Waals surface area contributed by atoms with E-state index in [0.717, 1.165) is 0 Å². The van der Waals surface area contributed by atoms with Crippen LogP contribution < -0.4 is 11.1 Å². The van der Waals surface area contributed by atoms with Crippen molar-refractivity contribution in [1.29, 1.82) is 0 Å². The highest BCUT2D eigenvalue weighted by atomic mass is 16.6. The van der Waals surface area contributed by atoms with Crippen molar-refractivity contribution < 1.29 is 13.9 Å². The summed E-state index contributed by atoms with van der Waals surface area (Å²) in [5.74, 6) is 0.525. The summed E-state index contributed by atoms with van der Waals surface area (Å²) in [6, 6.07) is 8.91. The van der Waals surface area contributed by atoms with Gasteiger partial charge in [-0.25, -0.2) is 4.79 Å². The number of nitrogens with one attached hydrogen (secondary N) is 1. The van der Waals surface area contributed by atoms with Gasteiger partial charge in [0.2, 0.25) is 0 Å². The van der Waals surface area contributed by atoms with Gasteiger partial charge >= 0.3 is 6.09 Å². The maximum Gasteiger partial charge on any atom is 0.412 e. The van der Waals surface area contributed by atoms with Gasteiger partial charge in [-0.3, -0.25) is 5.32 Å². The minimum atomic E-state index is -0.553. The summed E-state index contributed by atoms with van der Waals surface area (Å²) in [6.45, 7) is 5.43. The summed E-state index contributed by atoms with van der Waals surface area (Å²) in [5, 5.41) is 2.71. The summed E-state index contributed by atoms with van der Waals surface area (Å²) in [7, 11) is 0. The minimum absolute atomic E-state index is 0.517. The number of hydrogen-bond donors (Lipinski definition) is 2. The Balaban J connectivity index is 2.26. The summed E-state index contributed by atoms with van der Waals surface area (Å²) in [5.41, 5.74) is 7.10. The largest absolute Gasteiger partial charge is 0.462 e. The highest BCUT2D eigenvalue weighted by molar-refractivity contribution is 5.92. The number of para-hydroxylation sites is 1. The molecule has 5 nitrogen and oxygen atoms in total. The van der Waals surface area contributed by atoms with E-state index in [2.05, 4.69) is 5.32 Å². The number of hydrogen-bond acceptors (Lipinski definition) is 4. The molecule has 0 fully saturated rings. The lowest BCUT2D eigenvalue weighted by Crippen LogP contribution is -2.27. The Morgan fingerprint density at radius 3 is 2.55 bits per heavy atom. The molecule has 5 heteroatoms. The van der Waals surface area contributed by atoms with Crippen LogP contribution in [0.25, 0.3) is 11.3 Å². The van der Waals surface area contributed by atoms with Crippen molar-refractivity contribution in [2.45, 2.75) is 26.4 Å². The van der Waals surface area contributed by atoms with Crippen molar-refractivity contribution >= 4 is 17.5 Å². The second kappa shape index (κ2) is 5.28. The van der Waals surface area contributed by atoms with E-state index in [0.29, 0.717) is 22.7 Å². The van der Waals surface area contributed by atoms with Crippen molar-refractivity contribution in [2.75, 3.05) is 11.1 Å². The van der Waals surface area contributed by atoms with Crippen molar-refractivity contribution in [3.63, 3.8) is 0 Å². The molecule has 0 atom stereocenters. The van der Waals surface area contributed by atoms with Gasteiger partial charge in [0.05, 0.1) is 17.6 Å². The molecular formula is C15H18N2O3. The van der Waals surface area contributed by atoms with Gasteiger partial charge in [0.1, 0.15) is 5.60 Å². The van der Waals surface area contributed by atoms with E-state index in [1.165, 1.54) is 6.26 Å². The Hall–Kier alpha value is -2.43. The van der Waals surface area contributed by atoms with Gasteiger partial charge in [-0.2, -0.15) is 0 Å². The fraction of sp³-hybridized carbons (Fsp3) is 0.267. The van der Waals surface area contributed by atoms with Crippen LogP contribution in [0.4, 0.5) is 16.2 Å². The average molecular weight is 274 g/mol. The molecule has 0 aliphatic carbocycles. The van der Waals surface area contributed by atoms with Crippen LogP contribution >= 0.6 is 0 Å². The van der Waals surface area contributed by atoms with Gasteiger partial charge in [0, 0.05) is 11.6 Å². The van der Waals surface area contributed by atoms with Crippen molar-refractivity contribution in [1.82, 2.24) is 0 Å². The predicted molar refractivity (Wildman–Crippen MR) is 78.4 cm³/mol. The number of nitrogen functional groups attached to an aromatic ring is 1. The lowest BCUT2D eigenvalue weighted by atomic mass is 10.1. The van der Waals surface area contributed by atoms with E-state index >= 15 is 0 Å². The Morgan fingerprint density at radius 1 is 1.25 bits per heavy atom. The van der Waals surface area contributed by atoms with Gasteiger partial charge in [0.15, 0.2) is 5.76 Å². The van der Waals surface area contributed by atoms with Gasteiger partial charge in [-0.05, 0) is 32.9 Å². The predicted octanol–water partition coefficient (Wildman–Crippen LogP) is 3.88. The second-order valence-electron chi connectivity index (χ2n) is 5.38. The van der Waals surface area contributed by atoms with Gasteiger partial charge < -0.3 is 14.9 Å². The monoisotopic (exact) mass is 274 g/mol. The van der Waals surface area contributed by atoms with E-state index in [9.17, 15) is 4.79 Å². The van der Waals surface area contributed by atoms with Crippen molar-refractivity contribution in [3.8, 4) is 11.3 Å². The van der Waals surface area contributed by atoms with Crippen LogP contribution in [0.3, 0.4) is 0 Å². The zero-order valence-corrected chi connectivity index (χ0v) is 11.8. The average Bonchev–Trinajstić information content (AvgIpc) is 2.73. The van der Waals surface area contributed by atoms with E-state index in [-0.39, 0.29) is 0 Å². The third kappa shape index (κ3) is 3.32. The number of anilines is 2. The lowest BCUT2D eigenvalue weighted by molar-refractivity contribution is 0.0636. The molecule has 0 saturated heterocycles. The molecule has 2 aromatic rings. The number of rotatable bonds is 2. The van der Waals surface area contributed by atoms with Crippen LogP contribution in [0.5, 0.6) is 0 Å². The molecule has 0 spiro atoms. The van der Waals surface area contributed by atoms with Crippen LogP contribution in [-0.2, 0) is 4.74 Å². The first-order chi connectivity index (χ1) is 9.37. The fourth-order valence-corrected chi connectivity index (χ4v) is 1.74. The Bertz CT molecular complexity index is 612. The Labute approximate surface area is 117 Å². The fourth-order valence-electron chi connectivity index (χ4n) is 1.74. The highest BCUT2D eigenvalue weighted by Gasteiger charge is 2.18. The van der Waals surface area contributed by atoms with Gasteiger partial charge in [0.25, 0.3) is 0 Å². The molecule has 20 heavy (non-hydrogen) atoms. The van der Waals surface area contributed by atoms with E-state index in [1.54, 1.807) is 12.1 Å². The molecule has 1 aromatic carbocycles. The molecular weight excluding hydrogens is 256 g/mol. The topological polar surface area (TPSA) is 77.5 Å². The number of ether oxygens (including phenoxy) is 1. The molecule has 0 saturated carbocycles. The molecule has 106 valence electrons. The SMILES string of the molecule is CC(C)(C)OC(=O)Nc1ccccc1-c1occc1N. The number of furan rings is 1. The summed E-state index contributed by atoms with van der Waals surface area (Å²) >= 11 is 0. The van der Waals surface area contributed by atoms with Crippen LogP contribution in [0.2, 0.25) is 0 Å². The number of carbonyl (C=O) groups is 1. The summed E-state index contributed by atoms with van der Waals surface area (Å²) < 4.78 is 10.6. The first-order valence-electron chi connectivity index (χ1n) is 6.29. The molecule has 3 N–H and O–H groups in total. The second-order valence-corrected chi connectivity index (χ2v) is 5.38. The van der Waals surface area contributed by atoms with Gasteiger partial charge in [-0.1, -0.05) is 12.1 Å². The molecule has 1 aromatic heterocycles. The Morgan fingerprint density at radius 2 is 1.95 bits per heavy atom. The third-order valence-corrected chi connectivity index (χ3v) is 2.50. The number of carbonyl (C=O) groups excluding carboxylic acids is 1. The molecule has 0 aliphatic rings. The maximum absolute atomic E-state index is 11.8. The normalized spacial score (nSPS) is 11.2. The molecule has 1 amide bonds. The number of amides is 1. The smallest absolute Gasteiger partial charge is 0.412 e. The first-order valence-corrected chi connectivity index (χ1v) is 6.29. The quantitative estimate of drug-likeness (QED) is 0.871. The van der Waals surface area contributed by atoms with Gasteiger partial charge in [-0.15, -0.1) is 0 Å². The van der Waals surface area contributed by atoms with E-state index in [4.69, 9.17) is 14.9 Å². The molecule has 0 unspecified atom stereocenters. The van der Waals surface area contributed by atoms with Crippen LogP contribution in [0.15, 0.2) is 41.0 Å². The van der Waals surface area contributed by atoms with Crippen LogP contribution in [0.1, 0.15) is 20.8 Å². The van der Waals surface area contributed by atoms with E-state index in [1.807, 2.05) is 39.0 Å². The Kier molecular flexibility index (Phi) is 3.70. The van der Waals surface area contributed by atoms with Crippen LogP contribution in [0, 0.1) is 0 Å². The maximum atomic E-state index is 11.8. The third-order valence-electron chi connectivity index (χ3n) is 2.50. The number of nitrogens with two attached hydrogens (primary N) is 1.